The molecule has 0 aliphatic carbocycles. The Morgan fingerprint density at radius 2 is 0.846 bits per heavy atom. The number of carboxylic acids is 2. The third-order valence-electron chi connectivity index (χ3n) is 18.2. The first-order valence-corrected chi connectivity index (χ1v) is 41.1. The van der Waals surface area contributed by atoms with Gasteiger partial charge in [-0.05, 0) is 132 Å². The number of hydrogen-bond acceptors (Lipinski definition) is 24. The number of carbonyl (C=O) groups excluding carboxylic acids is 15. The summed E-state index contributed by atoms with van der Waals surface area (Å²) in [5.41, 5.74) is 17.8. The minimum atomic E-state index is -1.76. The van der Waals surface area contributed by atoms with Crippen LogP contribution in [0.5, 0.6) is 11.5 Å². The zero-order valence-corrected chi connectivity index (χ0v) is 66.9. The molecule has 4 rings (SSSR count). The van der Waals surface area contributed by atoms with E-state index >= 15 is 0 Å². The molecule has 2 aliphatic heterocycles. The van der Waals surface area contributed by atoms with E-state index in [0.29, 0.717) is 55.4 Å². The molecule has 117 heavy (non-hydrogen) atoms. The zero-order valence-electron chi connectivity index (χ0n) is 65.3. The van der Waals surface area contributed by atoms with E-state index in [1.807, 2.05) is 0 Å². The molecule has 2 saturated heterocycles. The van der Waals surface area contributed by atoms with Crippen molar-refractivity contribution in [3.8, 4) is 11.5 Å². The van der Waals surface area contributed by atoms with Gasteiger partial charge in [0.2, 0.25) is 82.7 Å². The molecule has 43 heteroatoms. The molecule has 646 valence electrons. The van der Waals surface area contributed by atoms with Crippen molar-refractivity contribution in [1.29, 1.82) is 10.8 Å². The molecule has 0 saturated carbocycles. The molecule has 0 spiro atoms. The van der Waals surface area contributed by atoms with Crippen LogP contribution < -0.4 is 97.0 Å². The van der Waals surface area contributed by atoms with Crippen molar-refractivity contribution in [2.24, 2.45) is 17.2 Å². The van der Waals surface area contributed by atoms with Gasteiger partial charge in [0.05, 0.1) is 37.8 Å². The number of amidine groups is 1. The second kappa shape index (κ2) is 53.7. The summed E-state index contributed by atoms with van der Waals surface area (Å²) in [4.78, 5) is 228. The molecular formula is C74H112N20O21S2. The number of benzene rings is 2. The Morgan fingerprint density at radius 3 is 1.31 bits per heavy atom. The summed E-state index contributed by atoms with van der Waals surface area (Å²) in [6.07, 6.45) is -0.00391. The summed E-state index contributed by atoms with van der Waals surface area (Å²) >= 11 is 0. The average molecular weight is 1680 g/mol. The molecule has 27 N–H and O–H groups in total. The fourth-order valence-corrected chi connectivity index (χ4v) is 14.1. The largest absolute Gasteiger partial charge is 0.508 e. The highest BCUT2D eigenvalue weighted by atomic mass is 33.1. The quantitative estimate of drug-likeness (QED) is 0.0131. The van der Waals surface area contributed by atoms with Crippen molar-refractivity contribution >= 4 is 134 Å². The van der Waals surface area contributed by atoms with Crippen LogP contribution in [-0.2, 0) is 94.3 Å². The van der Waals surface area contributed by atoms with Crippen molar-refractivity contribution in [3.05, 3.63) is 59.7 Å². The van der Waals surface area contributed by atoms with Gasteiger partial charge in [-0.25, -0.2) is 0 Å². The van der Waals surface area contributed by atoms with Crippen LogP contribution in [0.1, 0.15) is 159 Å². The highest BCUT2D eigenvalue weighted by Gasteiger charge is 2.37. The summed E-state index contributed by atoms with van der Waals surface area (Å²) in [6.45, 7) is 0.134. The van der Waals surface area contributed by atoms with E-state index in [-0.39, 0.29) is 164 Å². The van der Waals surface area contributed by atoms with Gasteiger partial charge in [0.25, 0.3) is 0 Å². The molecule has 2 aliphatic rings. The Morgan fingerprint density at radius 1 is 0.444 bits per heavy atom. The standard InChI is InChI=1S/C74H112N20O21S2/c1-42(95)13-12-34-116-117-41-47(75)64(106)81-31-8-2-3-19-59(99)86-52(65(107)82-32-10-7-16-51-71(113)92-54(36-44-22-26-46(97)27-23-44)73(115)93-55(37-62(102)103)66(108)84-39-60(100)87-48(68(110)89-51)14-4-5-18-57(76)77)28-29-58(98)80-30-9-6-15-50-70(112)91-53(35-43-20-24-45(96)25-21-43)72(114)94-56(38-63(104)105)67(109)85-40-61(101)88-49(69(111)90-50)17-11-33-83-74(78)79/h20-27,47-56,96-97H,2-19,28-41,75H2,1H3,(H3,76,77)(H,80,98)(H,81,106)(H,82,107)(H,84,108)(H,85,109)(H,86,99)(H,87,100)(H,88,101)(H,89,110)(H,90,111)(H,91,112)(H,92,113)(H,93,115)(H,94,114)(H,102,103)(H,104,105)(H4,78,79,83)/t47?,48-,49-,50?,51?,52?,53+,54+,55-,56-/m1/s1. The molecule has 4 unspecified atom stereocenters. The molecule has 0 radical (unpaired) electrons. The molecular weight excluding hydrogens is 1570 g/mol. The van der Waals surface area contributed by atoms with E-state index < -0.39 is 175 Å². The second-order valence-corrected chi connectivity index (χ2v) is 30.8. The number of ketones is 1. The van der Waals surface area contributed by atoms with E-state index in [1.54, 1.807) is 0 Å². The number of nitrogens with one attached hydrogen (secondary N) is 17. The zero-order chi connectivity index (χ0) is 86.4. The Bertz CT molecular complexity index is 3750. The van der Waals surface area contributed by atoms with Gasteiger partial charge in [0, 0.05) is 76.2 Å². The number of aliphatic carboxylic acids is 2. The lowest BCUT2D eigenvalue weighted by Gasteiger charge is -2.26. The first-order chi connectivity index (χ1) is 55.7. The van der Waals surface area contributed by atoms with Crippen LogP contribution in [0, 0.1) is 10.8 Å². The van der Waals surface area contributed by atoms with Crippen molar-refractivity contribution in [2.45, 2.75) is 221 Å². The number of aromatic hydroxyl groups is 2. The maximum Gasteiger partial charge on any atom is 0.305 e. The van der Waals surface area contributed by atoms with Crippen molar-refractivity contribution in [2.75, 3.05) is 50.8 Å². The van der Waals surface area contributed by atoms with Crippen LogP contribution in [0.2, 0.25) is 0 Å². The van der Waals surface area contributed by atoms with Crippen LogP contribution >= 0.6 is 21.6 Å². The third-order valence-corrected chi connectivity index (χ3v) is 20.7. The molecule has 2 heterocycles. The fourth-order valence-electron chi connectivity index (χ4n) is 11.9. The normalized spacial score (nSPS) is 19.8. The number of carbonyl (C=O) groups is 17. The lowest BCUT2D eigenvalue weighted by atomic mass is 10.0. The fraction of sp³-hybridized carbons (Fsp3) is 0.581. The molecule has 0 bridgehead atoms. The average Bonchev–Trinajstić information content (AvgIpc) is 1.83. The summed E-state index contributed by atoms with van der Waals surface area (Å²) in [6, 6.07) is -3.35. The highest BCUT2D eigenvalue weighted by Crippen LogP contribution is 2.23. The molecule has 2 aromatic rings. The first-order valence-electron chi connectivity index (χ1n) is 38.6. The van der Waals surface area contributed by atoms with Gasteiger partial charge < -0.3 is 122 Å². The molecule has 41 nitrogen and oxygen atoms in total. The Labute approximate surface area is 683 Å². The number of nitrogens with two attached hydrogens (primary N) is 3. The lowest BCUT2D eigenvalue weighted by molar-refractivity contribution is -0.141. The Balaban J connectivity index is 1.55. The van der Waals surface area contributed by atoms with Crippen LogP contribution in [0.4, 0.5) is 0 Å². The Kier molecular flexibility index (Phi) is 45.0. The van der Waals surface area contributed by atoms with Crippen LogP contribution in [-0.4, -0.2) is 244 Å². The number of Topliss-reactive ketones (excluding diaryl/α,β-unsaturated/α-hetero) is 1. The number of phenols is 2. The lowest BCUT2D eigenvalue weighted by Crippen LogP contribution is -2.58. The van der Waals surface area contributed by atoms with Gasteiger partial charge in [-0.1, -0.05) is 58.7 Å². The second-order valence-electron chi connectivity index (χ2n) is 28.1. The van der Waals surface area contributed by atoms with Crippen LogP contribution in [0.3, 0.4) is 0 Å². The maximum absolute atomic E-state index is 14.5. The predicted octanol–water partition coefficient (Wildman–Crippen LogP) is -3.68. The molecule has 10 atom stereocenters. The van der Waals surface area contributed by atoms with E-state index in [2.05, 4.69) is 79.8 Å². The van der Waals surface area contributed by atoms with Crippen LogP contribution in [0.25, 0.3) is 0 Å². The highest BCUT2D eigenvalue weighted by molar-refractivity contribution is 8.76. The maximum atomic E-state index is 14.5. The van der Waals surface area contributed by atoms with Crippen molar-refractivity contribution in [1.82, 2.24) is 79.8 Å². The number of hydrogen-bond donors (Lipinski definition) is 24. The molecule has 2 aromatic carbocycles. The number of guanidine groups is 1. The molecule has 2 fully saturated rings. The van der Waals surface area contributed by atoms with E-state index in [9.17, 15) is 102 Å². The third kappa shape index (κ3) is 41.2. The summed E-state index contributed by atoms with van der Waals surface area (Å²) in [7, 11) is 2.93. The molecule has 0 aromatic heterocycles. The van der Waals surface area contributed by atoms with Gasteiger partial charge in [0.1, 0.15) is 71.7 Å². The monoisotopic (exact) mass is 1680 g/mol. The van der Waals surface area contributed by atoms with Crippen molar-refractivity contribution < 1.29 is 102 Å². The number of unbranched alkanes of at least 4 members (excludes halogenated alkanes) is 5. The Hall–Kier alpha value is -11.4. The van der Waals surface area contributed by atoms with Gasteiger partial charge in [0.15, 0.2) is 5.96 Å². The van der Waals surface area contributed by atoms with Gasteiger partial charge in [-0.2, -0.15) is 0 Å². The predicted molar refractivity (Wildman–Crippen MR) is 428 cm³/mol. The smallest absolute Gasteiger partial charge is 0.305 e. The number of amides is 14. The minimum absolute atomic E-state index is 0.0456. The van der Waals surface area contributed by atoms with Crippen LogP contribution in [0.15, 0.2) is 48.5 Å². The van der Waals surface area contributed by atoms with E-state index in [0.717, 1.165) is 5.75 Å². The number of phenolic OH excluding ortho intramolecular Hbond substituents is 2. The topological polar surface area (TPSA) is 677 Å². The molecule has 14 amide bonds. The van der Waals surface area contributed by atoms with Gasteiger partial charge >= 0.3 is 11.9 Å². The van der Waals surface area contributed by atoms with E-state index in [1.165, 1.54) is 77.0 Å². The van der Waals surface area contributed by atoms with Crippen molar-refractivity contribution in [3.63, 3.8) is 0 Å². The summed E-state index contributed by atoms with van der Waals surface area (Å²) < 4.78 is 0. The first kappa shape index (κ1) is 98.0. The van der Waals surface area contributed by atoms with Gasteiger partial charge in [-0.15, -0.1) is 0 Å². The SMILES string of the molecule is CC(=O)CCCSSCC(N)C(=O)NCCCCCC(=O)NC(CCC(=O)NCCCCC1NC(=O)[C@@H](CCCNC(=N)N)NC(=O)CNC(=O)[C@@H](CC(=O)O)NC(=O)[C@H](Cc2ccc(O)cc2)NC1=O)C(=O)NCCCCC1NC(=O)[C@@H](CCCCC(=N)N)NC(=O)CNC(=O)[C@@H](CC(=O)O)NC(=O)[C@H](Cc2ccc(O)cc2)NC1=O. The van der Waals surface area contributed by atoms with E-state index in [4.69, 9.17) is 28.0 Å². The minimum Gasteiger partial charge on any atom is -0.508 e. The van der Waals surface area contributed by atoms with Gasteiger partial charge in [-0.3, -0.25) is 87.5 Å². The number of carboxylic acid groups (broad SMARTS) is 2. The summed E-state index contributed by atoms with van der Waals surface area (Å²) in [5.74, 6) is -14.5. The number of rotatable bonds is 46. The summed E-state index contributed by atoms with van der Waals surface area (Å²) in [5, 5.41) is 92.8.